The molecule has 8 rings (SSSR count). The molecule has 0 amide bonds. The number of benzene rings is 5. The molecule has 0 radical (unpaired) electrons. The van der Waals surface area contributed by atoms with Crippen molar-refractivity contribution in [2.45, 2.75) is 6.85 Å². The second kappa shape index (κ2) is 10.3. The van der Waals surface area contributed by atoms with Crippen LogP contribution in [0.1, 0.15) is 9.81 Å². The average Bonchev–Trinajstić information content (AvgIpc) is 3.10. The van der Waals surface area contributed by atoms with Gasteiger partial charge in [0, 0.05) is 37.3 Å². The predicted octanol–water partition coefficient (Wildman–Crippen LogP) is 9.70. The Kier molecular flexibility index (Phi) is 5.24. The largest absolute Gasteiger partial charge is 0.251 e. The van der Waals surface area contributed by atoms with E-state index in [1.54, 1.807) is 12.1 Å². The number of aromatic nitrogens is 4. The lowest BCUT2D eigenvalue weighted by Crippen LogP contribution is -1.96. The van der Waals surface area contributed by atoms with Crippen molar-refractivity contribution in [2.75, 3.05) is 0 Å². The molecule has 0 atom stereocenters. The molecule has 0 saturated heterocycles. The fourth-order valence-corrected chi connectivity index (χ4v) is 5.69. The summed E-state index contributed by atoms with van der Waals surface area (Å²) in [5.41, 5.74) is 10.3. The highest BCUT2D eigenvalue weighted by Gasteiger charge is 2.16. The zero-order valence-electron chi connectivity index (χ0n) is 26.1. The number of hydrogen-bond acceptors (Lipinski definition) is 4. The van der Waals surface area contributed by atoms with Crippen LogP contribution < -0.4 is 0 Å². The smallest absolute Gasteiger partial charge is 0.0973 e. The minimum absolute atomic E-state index is 0.0580. The van der Waals surface area contributed by atoms with Gasteiger partial charge >= 0.3 is 0 Å². The molecular formula is C39H26N4. The SMILES string of the molecule is [2H]C([2H])([2H])c1ccc2ccc3ccc(-c4ccccc4-c4ccc5nc(-c6ccccc6)c(-c6ccccc6)nc5c4)nc3c2n1. The Balaban J connectivity index is 1.28. The first-order valence-electron chi connectivity index (χ1n) is 15.7. The van der Waals surface area contributed by atoms with Gasteiger partial charge in [-0.2, -0.15) is 0 Å². The van der Waals surface area contributed by atoms with Gasteiger partial charge in [0.25, 0.3) is 0 Å². The third-order valence-electron chi connectivity index (χ3n) is 7.79. The highest BCUT2D eigenvalue weighted by molar-refractivity contribution is 6.04. The van der Waals surface area contributed by atoms with Gasteiger partial charge in [-0.25, -0.2) is 15.0 Å². The van der Waals surface area contributed by atoms with Crippen LogP contribution in [0.25, 0.3) is 77.7 Å². The molecule has 0 fully saturated rings. The Hall–Kier alpha value is -5.74. The molecule has 5 aromatic carbocycles. The lowest BCUT2D eigenvalue weighted by atomic mass is 9.96. The zero-order valence-corrected chi connectivity index (χ0v) is 23.1. The quantitative estimate of drug-likeness (QED) is 0.204. The van der Waals surface area contributed by atoms with Gasteiger partial charge in [0.15, 0.2) is 0 Å². The van der Waals surface area contributed by atoms with Gasteiger partial charge in [-0.1, -0.05) is 115 Å². The van der Waals surface area contributed by atoms with E-state index in [1.807, 2.05) is 78.9 Å². The topological polar surface area (TPSA) is 51.6 Å². The Labute approximate surface area is 253 Å². The molecule has 0 spiro atoms. The molecule has 43 heavy (non-hydrogen) atoms. The van der Waals surface area contributed by atoms with Crippen LogP contribution in [0.15, 0.2) is 140 Å². The molecule has 3 aromatic heterocycles. The van der Waals surface area contributed by atoms with Crippen LogP contribution in [0.5, 0.6) is 0 Å². The highest BCUT2D eigenvalue weighted by atomic mass is 14.8. The third kappa shape index (κ3) is 4.50. The Morgan fingerprint density at radius 2 is 1.02 bits per heavy atom. The van der Waals surface area contributed by atoms with Gasteiger partial charge in [0.2, 0.25) is 0 Å². The maximum Gasteiger partial charge on any atom is 0.0973 e. The van der Waals surface area contributed by atoms with Crippen molar-refractivity contribution >= 4 is 32.8 Å². The van der Waals surface area contributed by atoms with Crippen LogP contribution in [-0.2, 0) is 0 Å². The van der Waals surface area contributed by atoms with Gasteiger partial charge < -0.3 is 0 Å². The number of rotatable bonds is 4. The minimum atomic E-state index is -2.30. The van der Waals surface area contributed by atoms with E-state index in [-0.39, 0.29) is 5.69 Å². The number of pyridine rings is 2. The molecule has 0 bridgehead atoms. The van der Waals surface area contributed by atoms with Crippen LogP contribution >= 0.6 is 0 Å². The normalized spacial score (nSPS) is 12.7. The predicted molar refractivity (Wildman–Crippen MR) is 177 cm³/mol. The second-order valence-corrected chi connectivity index (χ2v) is 10.5. The number of nitrogens with zero attached hydrogens (tertiary/aromatic N) is 4. The van der Waals surface area contributed by atoms with E-state index in [9.17, 15) is 0 Å². The van der Waals surface area contributed by atoms with E-state index in [0.29, 0.717) is 11.0 Å². The van der Waals surface area contributed by atoms with E-state index in [2.05, 4.69) is 53.5 Å². The zero-order chi connectivity index (χ0) is 31.3. The molecule has 3 heterocycles. The van der Waals surface area contributed by atoms with Crippen LogP contribution in [0, 0.1) is 6.85 Å². The first-order valence-corrected chi connectivity index (χ1v) is 14.2. The van der Waals surface area contributed by atoms with E-state index in [1.165, 1.54) is 0 Å². The summed E-state index contributed by atoms with van der Waals surface area (Å²) in [5, 5.41) is 1.74. The Morgan fingerprint density at radius 1 is 0.442 bits per heavy atom. The summed E-state index contributed by atoms with van der Waals surface area (Å²) in [6.45, 7) is -2.30. The first kappa shape index (κ1) is 21.9. The maximum absolute atomic E-state index is 7.87. The number of hydrogen-bond donors (Lipinski definition) is 0. The third-order valence-corrected chi connectivity index (χ3v) is 7.79. The molecule has 0 unspecified atom stereocenters. The fourth-order valence-electron chi connectivity index (χ4n) is 5.69. The van der Waals surface area contributed by atoms with Gasteiger partial charge in [-0.05, 0) is 42.2 Å². The first-order chi connectivity index (χ1) is 22.4. The summed E-state index contributed by atoms with van der Waals surface area (Å²) in [6, 6.07) is 46.0. The monoisotopic (exact) mass is 553 g/mol. The van der Waals surface area contributed by atoms with Crippen molar-refractivity contribution in [3.63, 3.8) is 0 Å². The van der Waals surface area contributed by atoms with Gasteiger partial charge in [0.1, 0.15) is 0 Å². The number of fused-ring (bicyclic) bond motifs is 4. The lowest BCUT2D eigenvalue weighted by molar-refractivity contribution is 1.25. The molecule has 0 aliphatic rings. The lowest BCUT2D eigenvalue weighted by Gasteiger charge is -2.13. The molecule has 0 aliphatic carbocycles. The van der Waals surface area contributed by atoms with Crippen molar-refractivity contribution in [3.05, 3.63) is 145 Å². The summed E-state index contributed by atoms with van der Waals surface area (Å²) in [6.07, 6.45) is 0. The summed E-state index contributed by atoms with van der Waals surface area (Å²) < 4.78 is 23.6. The molecule has 4 nitrogen and oxygen atoms in total. The summed E-state index contributed by atoms with van der Waals surface area (Å²) >= 11 is 0. The second-order valence-electron chi connectivity index (χ2n) is 10.5. The highest BCUT2D eigenvalue weighted by Crippen LogP contribution is 2.36. The standard InChI is InChI=1S/C39H26N4/c1-25-16-17-28-18-19-29-20-22-33(41-39(29)36(28)40-25)32-15-9-8-14-31(32)30-21-23-34-35(24-30)43-38(27-12-6-3-7-13-27)37(42-34)26-10-4-2-5-11-26/h2-24H,1H3/i1D3. The fraction of sp³-hybridized carbons (Fsp3) is 0.0256. The summed E-state index contributed by atoms with van der Waals surface area (Å²) in [4.78, 5) is 19.9. The Bertz CT molecular complexity index is 2410. The summed E-state index contributed by atoms with van der Waals surface area (Å²) in [5.74, 6) is 0. The maximum atomic E-state index is 7.87. The molecule has 0 N–H and O–H groups in total. The molecule has 8 aromatic rings. The molecule has 202 valence electrons. The summed E-state index contributed by atoms with van der Waals surface area (Å²) in [7, 11) is 0. The minimum Gasteiger partial charge on any atom is -0.251 e. The van der Waals surface area contributed by atoms with E-state index in [0.717, 1.165) is 66.7 Å². The van der Waals surface area contributed by atoms with Crippen molar-refractivity contribution in [1.29, 1.82) is 0 Å². The van der Waals surface area contributed by atoms with Crippen LogP contribution in [-0.4, -0.2) is 19.9 Å². The van der Waals surface area contributed by atoms with Crippen molar-refractivity contribution in [3.8, 4) is 44.9 Å². The molecule has 4 heteroatoms. The van der Waals surface area contributed by atoms with E-state index in [4.69, 9.17) is 19.1 Å². The molecule has 0 saturated carbocycles. The average molecular weight is 554 g/mol. The number of aryl methyl sites for hydroxylation is 1. The van der Waals surface area contributed by atoms with Crippen molar-refractivity contribution in [1.82, 2.24) is 19.9 Å². The van der Waals surface area contributed by atoms with Crippen molar-refractivity contribution in [2.24, 2.45) is 0 Å². The van der Waals surface area contributed by atoms with Crippen molar-refractivity contribution < 1.29 is 4.11 Å². The van der Waals surface area contributed by atoms with Crippen LogP contribution in [0.3, 0.4) is 0 Å². The van der Waals surface area contributed by atoms with Gasteiger partial charge in [0.05, 0.1) is 39.1 Å². The van der Waals surface area contributed by atoms with Crippen LogP contribution in [0.2, 0.25) is 0 Å². The Morgan fingerprint density at radius 3 is 1.72 bits per heavy atom. The van der Waals surface area contributed by atoms with Gasteiger partial charge in [-0.3, -0.25) is 4.98 Å². The molecule has 0 aliphatic heterocycles. The van der Waals surface area contributed by atoms with Gasteiger partial charge in [-0.15, -0.1) is 0 Å². The van der Waals surface area contributed by atoms with E-state index < -0.39 is 6.85 Å². The van der Waals surface area contributed by atoms with Crippen LogP contribution in [0.4, 0.5) is 0 Å². The van der Waals surface area contributed by atoms with E-state index >= 15 is 0 Å². The molecular weight excluding hydrogens is 524 g/mol.